The van der Waals surface area contributed by atoms with Crippen molar-refractivity contribution in [3.63, 3.8) is 0 Å². The van der Waals surface area contributed by atoms with Gasteiger partial charge in [0.15, 0.2) is 5.78 Å². The Morgan fingerprint density at radius 1 is 1.32 bits per heavy atom. The Hall–Kier alpha value is -1.97. The van der Waals surface area contributed by atoms with Gasteiger partial charge in [0.2, 0.25) is 0 Å². The molecule has 0 N–H and O–H groups in total. The molecule has 1 aromatic rings. The Balaban J connectivity index is 2.04. The fourth-order valence-corrected chi connectivity index (χ4v) is 3.88. The van der Waals surface area contributed by atoms with Gasteiger partial charge < -0.3 is 4.74 Å². The quantitative estimate of drug-likeness (QED) is 0.636. The van der Waals surface area contributed by atoms with Gasteiger partial charge in [0.05, 0.1) is 6.61 Å². The van der Waals surface area contributed by atoms with E-state index in [-0.39, 0.29) is 24.1 Å². The minimum absolute atomic E-state index is 0.142. The van der Waals surface area contributed by atoms with E-state index in [0.29, 0.717) is 24.8 Å². The summed E-state index contributed by atoms with van der Waals surface area (Å²) >= 11 is 0. The lowest BCUT2D eigenvalue weighted by atomic mass is 9.66. The van der Waals surface area contributed by atoms with Gasteiger partial charge in [-0.1, -0.05) is 24.3 Å². The van der Waals surface area contributed by atoms with Crippen LogP contribution < -0.4 is 0 Å². The molecule has 4 heteroatoms. The van der Waals surface area contributed by atoms with E-state index in [1.165, 1.54) is 0 Å². The molecule has 0 heterocycles. The zero-order valence-electron chi connectivity index (χ0n) is 12.8. The van der Waals surface area contributed by atoms with Gasteiger partial charge >= 0.3 is 5.97 Å². The van der Waals surface area contributed by atoms with E-state index in [9.17, 15) is 14.4 Å². The topological polar surface area (TPSA) is 60.4 Å². The van der Waals surface area contributed by atoms with Gasteiger partial charge in [0, 0.05) is 18.4 Å². The molecule has 1 aromatic carbocycles. The van der Waals surface area contributed by atoms with Crippen LogP contribution in [0.1, 0.15) is 48.5 Å². The summed E-state index contributed by atoms with van der Waals surface area (Å²) in [6.45, 7) is 1.98. The summed E-state index contributed by atoms with van der Waals surface area (Å²) in [4.78, 5) is 37.6. The van der Waals surface area contributed by atoms with Crippen LogP contribution in [0.4, 0.5) is 0 Å². The highest BCUT2D eigenvalue weighted by Crippen LogP contribution is 2.48. The lowest BCUT2D eigenvalue weighted by molar-refractivity contribution is -0.156. The van der Waals surface area contributed by atoms with Crippen LogP contribution in [0.25, 0.3) is 0 Å². The lowest BCUT2D eigenvalue weighted by Crippen LogP contribution is -2.47. The third-order valence-electron chi connectivity index (χ3n) is 4.96. The monoisotopic (exact) mass is 300 g/mol. The predicted molar refractivity (Wildman–Crippen MR) is 80.5 cm³/mol. The highest BCUT2D eigenvalue weighted by Gasteiger charge is 2.57. The minimum atomic E-state index is -1.20. The molecule has 1 saturated carbocycles. The average Bonchev–Trinajstić information content (AvgIpc) is 2.82. The molecule has 0 radical (unpaired) electrons. The Bertz CT molecular complexity index is 634. The first-order valence-corrected chi connectivity index (χ1v) is 7.91. The third kappa shape index (κ3) is 2.18. The Kier molecular flexibility index (Phi) is 3.85. The third-order valence-corrected chi connectivity index (χ3v) is 4.96. The van der Waals surface area contributed by atoms with Gasteiger partial charge in [-0.05, 0) is 37.7 Å². The second-order valence-electron chi connectivity index (χ2n) is 6.19. The Labute approximate surface area is 129 Å². The fourth-order valence-electron chi connectivity index (χ4n) is 3.88. The van der Waals surface area contributed by atoms with Crippen LogP contribution in [0.3, 0.4) is 0 Å². The summed E-state index contributed by atoms with van der Waals surface area (Å²) in [5.74, 6) is -0.728. The fraction of sp³-hybridized carbons (Fsp3) is 0.500. The highest BCUT2D eigenvalue weighted by molar-refractivity contribution is 6.16. The van der Waals surface area contributed by atoms with Crippen LogP contribution in [0, 0.1) is 11.3 Å². The van der Waals surface area contributed by atoms with Crippen molar-refractivity contribution in [3.05, 3.63) is 35.4 Å². The van der Waals surface area contributed by atoms with E-state index < -0.39 is 11.4 Å². The maximum Gasteiger partial charge on any atom is 0.320 e. The number of hydrogen-bond acceptors (Lipinski definition) is 4. The number of benzene rings is 1. The van der Waals surface area contributed by atoms with Crippen molar-refractivity contribution in [2.45, 2.75) is 39.0 Å². The van der Waals surface area contributed by atoms with Gasteiger partial charge in [-0.2, -0.15) is 0 Å². The minimum Gasteiger partial charge on any atom is -0.465 e. The molecule has 2 atom stereocenters. The molecule has 2 aliphatic rings. The van der Waals surface area contributed by atoms with Crippen LogP contribution in [-0.2, 0) is 20.7 Å². The van der Waals surface area contributed by atoms with E-state index in [1.807, 2.05) is 18.2 Å². The first-order valence-electron chi connectivity index (χ1n) is 7.91. The summed E-state index contributed by atoms with van der Waals surface area (Å²) in [5.41, 5.74) is 0.294. The van der Waals surface area contributed by atoms with Crippen molar-refractivity contribution in [2.75, 3.05) is 6.61 Å². The van der Waals surface area contributed by atoms with E-state index in [4.69, 9.17) is 4.74 Å². The summed E-state index contributed by atoms with van der Waals surface area (Å²) in [7, 11) is 0. The molecule has 2 aliphatic carbocycles. The van der Waals surface area contributed by atoms with E-state index in [2.05, 4.69) is 0 Å². The van der Waals surface area contributed by atoms with Crippen LogP contribution in [0.15, 0.2) is 24.3 Å². The van der Waals surface area contributed by atoms with Gasteiger partial charge in [-0.15, -0.1) is 0 Å². The lowest BCUT2D eigenvalue weighted by Gasteiger charge is -2.35. The highest BCUT2D eigenvalue weighted by atomic mass is 16.5. The molecule has 0 amide bonds. The van der Waals surface area contributed by atoms with Crippen molar-refractivity contribution in [2.24, 2.45) is 11.3 Å². The normalized spacial score (nSPS) is 27.6. The molecular formula is C18H20O4. The maximum absolute atomic E-state index is 13.0. The molecule has 116 valence electrons. The average molecular weight is 300 g/mol. The Morgan fingerprint density at radius 2 is 2.09 bits per heavy atom. The van der Waals surface area contributed by atoms with Crippen molar-refractivity contribution >= 4 is 17.5 Å². The Morgan fingerprint density at radius 3 is 2.77 bits per heavy atom. The van der Waals surface area contributed by atoms with Crippen molar-refractivity contribution in [3.8, 4) is 0 Å². The second kappa shape index (κ2) is 5.67. The molecule has 2 unspecified atom stereocenters. The van der Waals surface area contributed by atoms with Crippen molar-refractivity contribution in [1.82, 2.24) is 0 Å². The smallest absolute Gasteiger partial charge is 0.320 e. The van der Waals surface area contributed by atoms with E-state index >= 15 is 0 Å². The number of hydrogen-bond donors (Lipinski definition) is 0. The number of esters is 1. The van der Waals surface area contributed by atoms with E-state index in [1.54, 1.807) is 13.0 Å². The van der Waals surface area contributed by atoms with Crippen LogP contribution in [0.5, 0.6) is 0 Å². The van der Waals surface area contributed by atoms with Crippen LogP contribution >= 0.6 is 0 Å². The number of ether oxygens (including phenoxy) is 1. The summed E-state index contributed by atoms with van der Waals surface area (Å²) in [6.07, 6.45) is 2.69. The summed E-state index contributed by atoms with van der Waals surface area (Å²) in [6, 6.07) is 7.34. The SMILES string of the molecule is CCOC(=O)C1(C2CCCC(=O)C2)Cc2ccccc2C1=O. The first-order chi connectivity index (χ1) is 10.6. The maximum atomic E-state index is 13.0. The first kappa shape index (κ1) is 14.9. The number of carbonyl (C=O) groups excluding carboxylic acids is 3. The molecule has 22 heavy (non-hydrogen) atoms. The number of ketones is 2. The van der Waals surface area contributed by atoms with Gasteiger partial charge in [-0.3, -0.25) is 14.4 Å². The van der Waals surface area contributed by atoms with Gasteiger partial charge in [0.25, 0.3) is 0 Å². The molecular weight excluding hydrogens is 280 g/mol. The number of fused-ring (bicyclic) bond motifs is 1. The molecule has 0 saturated heterocycles. The largest absolute Gasteiger partial charge is 0.465 e. The van der Waals surface area contributed by atoms with Gasteiger partial charge in [0.1, 0.15) is 11.2 Å². The summed E-state index contributed by atoms with van der Waals surface area (Å²) < 4.78 is 5.25. The standard InChI is InChI=1S/C18H20O4/c1-2-22-17(21)18(13-7-5-8-14(19)10-13)11-12-6-3-4-9-15(12)16(18)20/h3-4,6,9,13H,2,5,7-8,10-11H2,1H3. The molecule has 0 aliphatic heterocycles. The summed E-state index contributed by atoms with van der Waals surface area (Å²) in [5, 5.41) is 0. The van der Waals surface area contributed by atoms with E-state index in [0.717, 1.165) is 18.4 Å². The van der Waals surface area contributed by atoms with Gasteiger partial charge in [-0.25, -0.2) is 0 Å². The van der Waals surface area contributed by atoms with Crippen LogP contribution in [0.2, 0.25) is 0 Å². The molecule has 0 aromatic heterocycles. The predicted octanol–water partition coefficient (Wildman–Crippen LogP) is 2.73. The molecule has 4 nitrogen and oxygen atoms in total. The molecule has 1 fully saturated rings. The van der Waals surface area contributed by atoms with Crippen LogP contribution in [-0.4, -0.2) is 24.1 Å². The number of rotatable bonds is 3. The second-order valence-corrected chi connectivity index (χ2v) is 6.19. The zero-order valence-corrected chi connectivity index (χ0v) is 12.8. The molecule has 3 rings (SSSR count). The van der Waals surface area contributed by atoms with Crippen molar-refractivity contribution < 1.29 is 19.1 Å². The number of carbonyl (C=O) groups is 3. The molecule has 0 spiro atoms. The number of Topliss-reactive ketones (excluding diaryl/α,β-unsaturated/α-hetero) is 2. The van der Waals surface area contributed by atoms with Crippen molar-refractivity contribution in [1.29, 1.82) is 0 Å². The zero-order chi connectivity index (χ0) is 15.7. The molecule has 0 bridgehead atoms.